The van der Waals surface area contributed by atoms with Crippen LogP contribution in [0.25, 0.3) is 0 Å². The third kappa shape index (κ3) is 4.36. The number of hydrogen-bond acceptors (Lipinski definition) is 4. The number of rotatable bonds is 5. The van der Waals surface area contributed by atoms with Gasteiger partial charge in [0.2, 0.25) is 15.9 Å². The lowest BCUT2D eigenvalue weighted by molar-refractivity contribution is 0.238. The Morgan fingerprint density at radius 3 is 3.06 bits per heavy atom. The molecule has 0 aromatic rings. The number of aliphatic imine (C=N–C) groups is 1. The molecule has 1 heterocycles. The van der Waals surface area contributed by atoms with Crippen LogP contribution in [0, 0.1) is 0 Å². The first-order valence-electron chi connectivity index (χ1n) is 4.55. The third-order valence-corrected chi connectivity index (χ3v) is 2.83. The fourth-order valence-corrected chi connectivity index (χ4v) is 2.19. The van der Waals surface area contributed by atoms with Crippen LogP contribution in [0.15, 0.2) is 29.2 Å². The maximum absolute atomic E-state index is 11.1. The highest BCUT2D eigenvalue weighted by Gasteiger charge is 2.19. The van der Waals surface area contributed by atoms with Crippen molar-refractivity contribution in [1.82, 2.24) is 4.72 Å². The number of hydrogen-bond donors (Lipinski definition) is 1. The van der Waals surface area contributed by atoms with Gasteiger partial charge in [-0.25, -0.2) is 13.4 Å². The number of alkyl halides is 1. The molecule has 0 saturated heterocycles. The van der Waals surface area contributed by atoms with Gasteiger partial charge >= 0.3 is 0 Å². The van der Waals surface area contributed by atoms with E-state index in [0.29, 0.717) is 18.0 Å². The molecule has 5 nitrogen and oxygen atoms in total. The molecule has 1 N–H and O–H groups in total. The summed E-state index contributed by atoms with van der Waals surface area (Å²) in [6, 6.07) is 0. The van der Waals surface area contributed by atoms with Crippen molar-refractivity contribution in [2.45, 2.75) is 11.2 Å². The summed E-state index contributed by atoms with van der Waals surface area (Å²) in [5, 5.41) is 0. The van der Waals surface area contributed by atoms with Crippen molar-refractivity contribution < 1.29 is 13.2 Å². The SMILES string of the molecule is C=CCOC1=C(NS(C)(=O)=O)CC(Br)C=N1. The lowest BCUT2D eigenvalue weighted by Gasteiger charge is -2.18. The van der Waals surface area contributed by atoms with Gasteiger partial charge in [0.25, 0.3) is 0 Å². The molecular weight excluding hydrogens is 296 g/mol. The molecule has 1 aliphatic rings. The molecule has 0 spiro atoms. The maximum Gasteiger partial charge on any atom is 0.234 e. The Morgan fingerprint density at radius 1 is 1.81 bits per heavy atom. The zero-order chi connectivity index (χ0) is 12.2. The van der Waals surface area contributed by atoms with Crippen LogP contribution in [-0.4, -0.2) is 32.3 Å². The lowest BCUT2D eigenvalue weighted by atomic mass is 10.2. The van der Waals surface area contributed by atoms with Crippen LogP contribution in [0.3, 0.4) is 0 Å². The second kappa shape index (κ2) is 5.49. The predicted octanol–water partition coefficient (Wildman–Crippen LogP) is 1.15. The van der Waals surface area contributed by atoms with Crippen LogP contribution in [0.1, 0.15) is 6.42 Å². The van der Waals surface area contributed by atoms with E-state index >= 15 is 0 Å². The van der Waals surface area contributed by atoms with Crippen molar-refractivity contribution in [1.29, 1.82) is 0 Å². The van der Waals surface area contributed by atoms with Crippen LogP contribution in [-0.2, 0) is 14.8 Å². The Bertz CT molecular complexity index is 428. The number of ether oxygens (including phenoxy) is 1. The van der Waals surface area contributed by atoms with Gasteiger partial charge in [-0.3, -0.25) is 4.72 Å². The Morgan fingerprint density at radius 2 is 2.50 bits per heavy atom. The van der Waals surface area contributed by atoms with Gasteiger partial charge in [0, 0.05) is 12.6 Å². The average Bonchev–Trinajstić information content (AvgIpc) is 2.14. The quantitative estimate of drug-likeness (QED) is 0.612. The zero-order valence-electron chi connectivity index (χ0n) is 8.81. The normalized spacial score (nSPS) is 20.8. The molecule has 90 valence electrons. The average molecular weight is 309 g/mol. The second-order valence-electron chi connectivity index (χ2n) is 3.26. The fourth-order valence-electron chi connectivity index (χ4n) is 1.13. The van der Waals surface area contributed by atoms with Gasteiger partial charge in [0.05, 0.1) is 16.8 Å². The van der Waals surface area contributed by atoms with E-state index in [2.05, 4.69) is 32.2 Å². The molecule has 16 heavy (non-hydrogen) atoms. The Hall–Kier alpha value is -0.820. The zero-order valence-corrected chi connectivity index (χ0v) is 11.2. The molecule has 0 aromatic carbocycles. The van der Waals surface area contributed by atoms with E-state index < -0.39 is 10.0 Å². The Labute approximate surface area is 103 Å². The van der Waals surface area contributed by atoms with Gasteiger partial charge in [-0.2, -0.15) is 0 Å². The summed E-state index contributed by atoms with van der Waals surface area (Å²) in [5.74, 6) is 0.293. The molecule has 0 amide bonds. The maximum atomic E-state index is 11.1. The van der Waals surface area contributed by atoms with Crippen molar-refractivity contribution >= 4 is 32.2 Å². The number of nitrogens with zero attached hydrogens (tertiary/aromatic N) is 1. The number of nitrogens with one attached hydrogen (secondary N) is 1. The van der Waals surface area contributed by atoms with E-state index in [4.69, 9.17) is 4.74 Å². The largest absolute Gasteiger partial charge is 0.472 e. The van der Waals surface area contributed by atoms with Crippen LogP contribution in [0.4, 0.5) is 0 Å². The highest BCUT2D eigenvalue weighted by molar-refractivity contribution is 9.10. The minimum atomic E-state index is -3.31. The molecule has 0 bridgehead atoms. The van der Waals surface area contributed by atoms with E-state index in [1.807, 2.05) is 0 Å². The third-order valence-electron chi connectivity index (χ3n) is 1.66. The van der Waals surface area contributed by atoms with Crippen molar-refractivity contribution in [2.75, 3.05) is 12.9 Å². The van der Waals surface area contributed by atoms with Gasteiger partial charge in [-0.05, 0) is 0 Å². The number of allylic oxidation sites excluding steroid dienone is 1. The first-order valence-corrected chi connectivity index (χ1v) is 7.36. The van der Waals surface area contributed by atoms with Gasteiger partial charge in [-0.15, -0.1) is 0 Å². The number of sulfonamides is 1. The molecule has 1 rings (SSSR count). The van der Waals surface area contributed by atoms with E-state index in [9.17, 15) is 8.42 Å². The molecule has 0 aliphatic carbocycles. The molecule has 0 aromatic heterocycles. The van der Waals surface area contributed by atoms with Gasteiger partial charge in [0.15, 0.2) is 0 Å². The number of halogens is 1. The summed E-state index contributed by atoms with van der Waals surface area (Å²) in [6.07, 6.45) is 4.81. The fraction of sp³-hybridized carbons (Fsp3) is 0.444. The molecule has 1 aliphatic heterocycles. The smallest absolute Gasteiger partial charge is 0.234 e. The Kier molecular flexibility index (Phi) is 4.55. The topological polar surface area (TPSA) is 67.8 Å². The molecule has 7 heteroatoms. The molecule has 0 saturated carbocycles. The lowest BCUT2D eigenvalue weighted by Crippen LogP contribution is -2.27. The summed E-state index contributed by atoms with van der Waals surface area (Å²) in [6.45, 7) is 3.80. The summed E-state index contributed by atoms with van der Waals surface area (Å²) in [5.41, 5.74) is 0.453. The van der Waals surface area contributed by atoms with Crippen LogP contribution < -0.4 is 4.72 Å². The summed E-state index contributed by atoms with van der Waals surface area (Å²) in [7, 11) is -3.31. The van der Waals surface area contributed by atoms with Gasteiger partial charge in [-0.1, -0.05) is 28.6 Å². The van der Waals surface area contributed by atoms with Crippen LogP contribution in [0.2, 0.25) is 0 Å². The molecule has 0 radical (unpaired) electrons. The highest BCUT2D eigenvalue weighted by Crippen LogP contribution is 2.20. The van der Waals surface area contributed by atoms with Crippen molar-refractivity contribution in [3.8, 4) is 0 Å². The van der Waals surface area contributed by atoms with E-state index in [0.717, 1.165) is 6.26 Å². The second-order valence-corrected chi connectivity index (χ2v) is 6.18. The van der Waals surface area contributed by atoms with Crippen LogP contribution >= 0.6 is 15.9 Å². The van der Waals surface area contributed by atoms with E-state index in [1.54, 1.807) is 12.3 Å². The van der Waals surface area contributed by atoms with E-state index in [-0.39, 0.29) is 11.4 Å². The first-order chi connectivity index (χ1) is 7.42. The van der Waals surface area contributed by atoms with Gasteiger partial charge in [0.1, 0.15) is 6.61 Å². The Balaban J connectivity index is 2.88. The minimum Gasteiger partial charge on any atom is -0.472 e. The minimum absolute atomic E-state index is 0.00725. The van der Waals surface area contributed by atoms with E-state index in [1.165, 1.54) is 0 Å². The van der Waals surface area contributed by atoms with Crippen molar-refractivity contribution in [2.24, 2.45) is 4.99 Å². The predicted molar refractivity (Wildman–Crippen MR) is 67.0 cm³/mol. The van der Waals surface area contributed by atoms with Gasteiger partial charge < -0.3 is 4.74 Å². The summed E-state index contributed by atoms with van der Waals surface area (Å²) in [4.78, 5) is 4.03. The summed E-state index contributed by atoms with van der Waals surface area (Å²) < 4.78 is 29.9. The van der Waals surface area contributed by atoms with Crippen LogP contribution in [0.5, 0.6) is 0 Å². The molecule has 1 atom stereocenters. The highest BCUT2D eigenvalue weighted by atomic mass is 79.9. The molecule has 1 unspecified atom stereocenters. The standard InChI is InChI=1S/C9H13BrN2O3S/c1-3-4-15-9-8(12-16(2,13)14)5-7(10)6-11-9/h3,6-7,12H,1,4-5H2,2H3. The molecule has 0 fully saturated rings. The molecular formula is C9H13BrN2O3S. The first kappa shape index (κ1) is 13.2. The summed E-state index contributed by atoms with van der Waals surface area (Å²) >= 11 is 3.34. The van der Waals surface area contributed by atoms with Crippen molar-refractivity contribution in [3.05, 3.63) is 24.2 Å². The monoisotopic (exact) mass is 308 g/mol. The van der Waals surface area contributed by atoms with Crippen molar-refractivity contribution in [3.63, 3.8) is 0 Å².